The highest BCUT2D eigenvalue weighted by atomic mass is 16.5. The zero-order valence-electron chi connectivity index (χ0n) is 13.0. The van der Waals surface area contributed by atoms with E-state index in [1.54, 1.807) is 11.5 Å². The van der Waals surface area contributed by atoms with Crippen LogP contribution in [0.25, 0.3) is 0 Å². The molecule has 22 heavy (non-hydrogen) atoms. The molecule has 1 amide bonds. The zero-order chi connectivity index (χ0) is 16.2. The Balaban J connectivity index is 2.09. The van der Waals surface area contributed by atoms with Crippen LogP contribution in [0.2, 0.25) is 0 Å². The van der Waals surface area contributed by atoms with Crippen molar-refractivity contribution in [3.63, 3.8) is 0 Å². The van der Waals surface area contributed by atoms with Crippen molar-refractivity contribution in [3.8, 4) is 11.6 Å². The summed E-state index contributed by atoms with van der Waals surface area (Å²) in [6.45, 7) is 6.57. The quantitative estimate of drug-likeness (QED) is 0.652. The number of hydrogen-bond acceptors (Lipinski definition) is 4. The molecule has 116 valence electrons. The minimum atomic E-state index is -0.606. The Kier molecular flexibility index (Phi) is 4.78. The molecule has 0 aliphatic heterocycles. The molecule has 5 heteroatoms. The Labute approximate surface area is 129 Å². The molecule has 0 spiro atoms. The van der Waals surface area contributed by atoms with E-state index in [4.69, 9.17) is 9.94 Å². The first-order chi connectivity index (χ1) is 10.5. The molecule has 2 rings (SSSR count). The van der Waals surface area contributed by atoms with E-state index in [0.717, 1.165) is 6.42 Å². The van der Waals surface area contributed by atoms with Gasteiger partial charge in [0.05, 0.1) is 5.56 Å². The third kappa shape index (κ3) is 3.62. The standard InChI is InChI=1S/C17H20N2O3/c1-4-17(2,3)13-6-8-14(9-7-13)22-15-10-5-12(11-18-15)16(20)19-21/h5-11,21H,4H2,1-3H3,(H,19,20). The second-order valence-corrected chi connectivity index (χ2v) is 5.69. The number of nitrogens with zero attached hydrogens (tertiary/aromatic N) is 1. The van der Waals surface area contributed by atoms with Crippen LogP contribution in [-0.2, 0) is 5.41 Å². The molecule has 0 aliphatic carbocycles. The van der Waals surface area contributed by atoms with Gasteiger partial charge in [0.1, 0.15) is 5.75 Å². The van der Waals surface area contributed by atoms with Crippen LogP contribution in [-0.4, -0.2) is 16.1 Å². The fourth-order valence-electron chi connectivity index (χ4n) is 1.94. The molecule has 0 unspecified atom stereocenters. The van der Waals surface area contributed by atoms with Crippen LogP contribution in [0.5, 0.6) is 11.6 Å². The Morgan fingerprint density at radius 3 is 2.41 bits per heavy atom. The van der Waals surface area contributed by atoms with Crippen molar-refractivity contribution >= 4 is 5.91 Å². The molecule has 0 atom stereocenters. The van der Waals surface area contributed by atoms with Crippen molar-refractivity contribution in [1.29, 1.82) is 0 Å². The summed E-state index contributed by atoms with van der Waals surface area (Å²) in [6.07, 6.45) is 2.40. The SMILES string of the molecule is CCC(C)(C)c1ccc(Oc2ccc(C(=O)NO)cn2)cc1. The van der Waals surface area contributed by atoms with Crippen LogP contribution in [0, 0.1) is 0 Å². The van der Waals surface area contributed by atoms with Gasteiger partial charge in [-0.15, -0.1) is 0 Å². The summed E-state index contributed by atoms with van der Waals surface area (Å²) in [5.74, 6) is 0.463. The fraction of sp³-hybridized carbons (Fsp3) is 0.294. The lowest BCUT2D eigenvalue weighted by Crippen LogP contribution is -2.18. The maximum absolute atomic E-state index is 11.2. The van der Waals surface area contributed by atoms with Gasteiger partial charge in [0, 0.05) is 12.3 Å². The van der Waals surface area contributed by atoms with Gasteiger partial charge in [0.2, 0.25) is 5.88 Å². The summed E-state index contributed by atoms with van der Waals surface area (Å²) in [5.41, 5.74) is 3.21. The molecule has 1 heterocycles. The van der Waals surface area contributed by atoms with Crippen molar-refractivity contribution in [3.05, 3.63) is 53.7 Å². The Hall–Kier alpha value is -2.40. The number of ether oxygens (including phenoxy) is 1. The van der Waals surface area contributed by atoms with Crippen LogP contribution in [0.15, 0.2) is 42.6 Å². The summed E-state index contributed by atoms with van der Waals surface area (Å²) in [7, 11) is 0. The smallest absolute Gasteiger partial charge is 0.276 e. The highest BCUT2D eigenvalue weighted by Crippen LogP contribution is 2.29. The molecule has 0 radical (unpaired) electrons. The van der Waals surface area contributed by atoms with Gasteiger partial charge in [-0.2, -0.15) is 0 Å². The maximum Gasteiger partial charge on any atom is 0.276 e. The molecule has 0 bridgehead atoms. The monoisotopic (exact) mass is 300 g/mol. The average molecular weight is 300 g/mol. The maximum atomic E-state index is 11.2. The highest BCUT2D eigenvalue weighted by molar-refractivity contribution is 5.92. The van der Waals surface area contributed by atoms with Gasteiger partial charge in [-0.3, -0.25) is 10.0 Å². The molecular weight excluding hydrogens is 280 g/mol. The first kappa shape index (κ1) is 16.0. The van der Waals surface area contributed by atoms with Crippen molar-refractivity contribution in [2.75, 3.05) is 0 Å². The summed E-state index contributed by atoms with van der Waals surface area (Å²) >= 11 is 0. The predicted molar refractivity (Wildman–Crippen MR) is 83.3 cm³/mol. The van der Waals surface area contributed by atoms with Crippen molar-refractivity contribution in [2.24, 2.45) is 0 Å². The Morgan fingerprint density at radius 1 is 1.23 bits per heavy atom. The number of nitrogens with one attached hydrogen (secondary N) is 1. The van der Waals surface area contributed by atoms with Gasteiger partial charge < -0.3 is 4.74 Å². The lowest BCUT2D eigenvalue weighted by molar-refractivity contribution is 0.0706. The van der Waals surface area contributed by atoms with E-state index >= 15 is 0 Å². The number of carbonyl (C=O) groups excluding carboxylic acids is 1. The van der Waals surface area contributed by atoms with Gasteiger partial charge in [0.25, 0.3) is 5.91 Å². The van der Waals surface area contributed by atoms with Gasteiger partial charge in [-0.05, 0) is 35.6 Å². The summed E-state index contributed by atoms with van der Waals surface area (Å²) in [5, 5.41) is 8.55. The number of hydroxylamine groups is 1. The van der Waals surface area contributed by atoms with Crippen LogP contribution in [0.3, 0.4) is 0 Å². The zero-order valence-corrected chi connectivity index (χ0v) is 13.0. The number of amides is 1. The minimum absolute atomic E-state index is 0.135. The van der Waals surface area contributed by atoms with Gasteiger partial charge in [-0.1, -0.05) is 32.9 Å². The second-order valence-electron chi connectivity index (χ2n) is 5.69. The molecule has 0 aliphatic rings. The van der Waals surface area contributed by atoms with E-state index in [1.807, 2.05) is 24.3 Å². The molecule has 0 fully saturated rings. The molecule has 2 N–H and O–H groups in total. The van der Waals surface area contributed by atoms with Gasteiger partial charge >= 0.3 is 0 Å². The lowest BCUT2D eigenvalue weighted by Gasteiger charge is -2.23. The van der Waals surface area contributed by atoms with Crippen LogP contribution < -0.4 is 10.2 Å². The molecular formula is C17H20N2O3. The van der Waals surface area contributed by atoms with E-state index in [9.17, 15) is 4.79 Å². The van der Waals surface area contributed by atoms with Gasteiger partial charge in [0.15, 0.2) is 0 Å². The van der Waals surface area contributed by atoms with E-state index in [-0.39, 0.29) is 11.0 Å². The van der Waals surface area contributed by atoms with Crippen LogP contribution >= 0.6 is 0 Å². The predicted octanol–water partition coefficient (Wildman–Crippen LogP) is 3.68. The van der Waals surface area contributed by atoms with E-state index in [0.29, 0.717) is 11.6 Å². The summed E-state index contributed by atoms with van der Waals surface area (Å²) < 4.78 is 5.64. The number of aromatic nitrogens is 1. The second kappa shape index (κ2) is 6.58. The fourth-order valence-corrected chi connectivity index (χ4v) is 1.94. The molecule has 0 saturated carbocycles. The molecule has 1 aromatic carbocycles. The third-order valence-electron chi connectivity index (χ3n) is 3.84. The van der Waals surface area contributed by atoms with Crippen molar-refractivity contribution < 1.29 is 14.7 Å². The molecule has 1 aromatic heterocycles. The van der Waals surface area contributed by atoms with Crippen LogP contribution in [0.4, 0.5) is 0 Å². The first-order valence-electron chi connectivity index (χ1n) is 7.15. The minimum Gasteiger partial charge on any atom is -0.439 e. The topological polar surface area (TPSA) is 71.5 Å². The van der Waals surface area contributed by atoms with E-state index in [2.05, 4.69) is 25.8 Å². The molecule has 0 saturated heterocycles. The number of hydrogen-bond donors (Lipinski definition) is 2. The van der Waals surface area contributed by atoms with E-state index < -0.39 is 5.91 Å². The number of rotatable bonds is 5. The number of carbonyl (C=O) groups is 1. The highest BCUT2D eigenvalue weighted by Gasteiger charge is 2.17. The lowest BCUT2D eigenvalue weighted by atomic mass is 9.82. The summed E-state index contributed by atoms with van der Waals surface area (Å²) in [4.78, 5) is 15.2. The average Bonchev–Trinajstić information content (AvgIpc) is 2.55. The van der Waals surface area contributed by atoms with Crippen LogP contribution in [0.1, 0.15) is 43.1 Å². The Bertz CT molecular complexity index is 634. The third-order valence-corrected chi connectivity index (χ3v) is 3.84. The van der Waals surface area contributed by atoms with Crippen molar-refractivity contribution in [1.82, 2.24) is 10.5 Å². The summed E-state index contributed by atoms with van der Waals surface area (Å²) in [6, 6.07) is 11.0. The van der Waals surface area contributed by atoms with Crippen molar-refractivity contribution in [2.45, 2.75) is 32.6 Å². The van der Waals surface area contributed by atoms with E-state index in [1.165, 1.54) is 17.8 Å². The largest absolute Gasteiger partial charge is 0.439 e. The Morgan fingerprint density at radius 2 is 1.91 bits per heavy atom. The molecule has 2 aromatic rings. The normalized spacial score (nSPS) is 11.1. The first-order valence-corrected chi connectivity index (χ1v) is 7.15. The molecule has 5 nitrogen and oxygen atoms in total. The van der Waals surface area contributed by atoms with Gasteiger partial charge in [-0.25, -0.2) is 10.5 Å². The number of pyridine rings is 1. The number of benzene rings is 1.